The monoisotopic (exact) mass is 240 g/mol. The van der Waals surface area contributed by atoms with Crippen LogP contribution in [0.25, 0.3) is 0 Å². The molecule has 2 rings (SSSR count). The molecule has 2 aliphatic rings. The molecule has 1 saturated carbocycles. The second kappa shape index (κ2) is 4.94. The molecule has 98 valence electrons. The Morgan fingerprint density at radius 1 is 1.41 bits per heavy atom. The van der Waals surface area contributed by atoms with Gasteiger partial charge in [-0.05, 0) is 19.3 Å². The normalized spacial score (nSPS) is 31.5. The van der Waals surface area contributed by atoms with E-state index in [0.717, 1.165) is 32.4 Å². The van der Waals surface area contributed by atoms with Crippen LogP contribution >= 0.6 is 0 Å². The first-order chi connectivity index (χ1) is 8.17. The molecule has 0 aromatic carbocycles. The van der Waals surface area contributed by atoms with Gasteiger partial charge in [0.05, 0.1) is 12.0 Å². The minimum atomic E-state index is 0.154. The summed E-state index contributed by atoms with van der Waals surface area (Å²) >= 11 is 0. The summed E-state index contributed by atoms with van der Waals surface area (Å²) in [5, 5.41) is 6.35. The SMILES string of the molecule is CCC1(CC)C(NC(=O)C2CNC2)CC1OC. The van der Waals surface area contributed by atoms with E-state index in [0.29, 0.717) is 12.1 Å². The van der Waals surface area contributed by atoms with Crippen LogP contribution in [0.3, 0.4) is 0 Å². The number of carbonyl (C=O) groups is 1. The highest BCUT2D eigenvalue weighted by Gasteiger charge is 2.53. The zero-order chi connectivity index (χ0) is 12.5. The highest BCUT2D eigenvalue weighted by molar-refractivity contribution is 5.80. The van der Waals surface area contributed by atoms with Crippen molar-refractivity contribution in [2.45, 2.75) is 45.3 Å². The molecule has 2 N–H and O–H groups in total. The predicted molar refractivity (Wildman–Crippen MR) is 66.7 cm³/mol. The zero-order valence-corrected chi connectivity index (χ0v) is 11.1. The fourth-order valence-electron chi connectivity index (χ4n) is 3.24. The molecule has 0 spiro atoms. The largest absolute Gasteiger partial charge is 0.381 e. The maximum Gasteiger partial charge on any atom is 0.225 e. The van der Waals surface area contributed by atoms with Crippen molar-refractivity contribution in [2.24, 2.45) is 11.3 Å². The fourth-order valence-corrected chi connectivity index (χ4v) is 3.24. The smallest absolute Gasteiger partial charge is 0.225 e. The average Bonchev–Trinajstić information content (AvgIpc) is 2.23. The average molecular weight is 240 g/mol. The molecule has 1 heterocycles. The Hall–Kier alpha value is -0.610. The van der Waals surface area contributed by atoms with Gasteiger partial charge in [0.25, 0.3) is 0 Å². The molecule has 1 aliphatic carbocycles. The van der Waals surface area contributed by atoms with E-state index >= 15 is 0 Å². The molecule has 0 aromatic rings. The molecule has 17 heavy (non-hydrogen) atoms. The fraction of sp³-hybridized carbons (Fsp3) is 0.923. The molecule has 1 aliphatic heterocycles. The second-order valence-corrected chi connectivity index (χ2v) is 5.32. The Morgan fingerprint density at radius 3 is 2.47 bits per heavy atom. The van der Waals surface area contributed by atoms with E-state index in [2.05, 4.69) is 24.5 Å². The summed E-state index contributed by atoms with van der Waals surface area (Å²) in [7, 11) is 1.78. The van der Waals surface area contributed by atoms with Gasteiger partial charge < -0.3 is 15.4 Å². The van der Waals surface area contributed by atoms with E-state index < -0.39 is 0 Å². The molecular formula is C13H24N2O2. The molecule has 0 bridgehead atoms. The lowest BCUT2D eigenvalue weighted by molar-refractivity contribution is -0.145. The van der Waals surface area contributed by atoms with Crippen LogP contribution in [0.1, 0.15) is 33.1 Å². The van der Waals surface area contributed by atoms with Crippen molar-refractivity contribution < 1.29 is 9.53 Å². The van der Waals surface area contributed by atoms with E-state index in [9.17, 15) is 4.79 Å². The molecule has 0 radical (unpaired) electrons. The van der Waals surface area contributed by atoms with Crippen LogP contribution in [0, 0.1) is 11.3 Å². The number of hydrogen-bond donors (Lipinski definition) is 2. The van der Waals surface area contributed by atoms with Gasteiger partial charge >= 0.3 is 0 Å². The molecule has 1 saturated heterocycles. The van der Waals surface area contributed by atoms with Crippen molar-refractivity contribution in [2.75, 3.05) is 20.2 Å². The lowest BCUT2D eigenvalue weighted by Crippen LogP contribution is -2.66. The third-order valence-corrected chi connectivity index (χ3v) is 4.85. The number of rotatable bonds is 5. The van der Waals surface area contributed by atoms with Crippen molar-refractivity contribution in [3.05, 3.63) is 0 Å². The van der Waals surface area contributed by atoms with Crippen LogP contribution in [-0.2, 0) is 9.53 Å². The minimum absolute atomic E-state index is 0.154. The summed E-state index contributed by atoms with van der Waals surface area (Å²) in [5.74, 6) is 0.401. The summed E-state index contributed by atoms with van der Waals surface area (Å²) in [6, 6.07) is 0.301. The van der Waals surface area contributed by atoms with Gasteiger partial charge in [-0.3, -0.25) is 4.79 Å². The number of amides is 1. The van der Waals surface area contributed by atoms with Crippen LogP contribution in [0.2, 0.25) is 0 Å². The minimum Gasteiger partial charge on any atom is -0.381 e. The Labute approximate surface area is 103 Å². The summed E-state index contributed by atoms with van der Waals surface area (Å²) in [6.07, 6.45) is 3.40. The third kappa shape index (κ3) is 1.97. The zero-order valence-electron chi connectivity index (χ0n) is 11.1. The quantitative estimate of drug-likeness (QED) is 0.751. The summed E-state index contributed by atoms with van der Waals surface area (Å²) in [4.78, 5) is 12.0. The van der Waals surface area contributed by atoms with Gasteiger partial charge in [0.2, 0.25) is 5.91 Å². The van der Waals surface area contributed by atoms with E-state index in [1.54, 1.807) is 7.11 Å². The second-order valence-electron chi connectivity index (χ2n) is 5.32. The number of carbonyl (C=O) groups excluding carboxylic acids is 1. The van der Waals surface area contributed by atoms with E-state index in [1.807, 2.05) is 0 Å². The molecule has 4 heteroatoms. The van der Waals surface area contributed by atoms with E-state index in [-0.39, 0.29) is 17.2 Å². The van der Waals surface area contributed by atoms with Crippen LogP contribution in [-0.4, -0.2) is 38.3 Å². The van der Waals surface area contributed by atoms with Gasteiger partial charge in [-0.2, -0.15) is 0 Å². The number of ether oxygens (including phenoxy) is 1. The van der Waals surface area contributed by atoms with Crippen LogP contribution in [0.5, 0.6) is 0 Å². The van der Waals surface area contributed by atoms with Crippen molar-refractivity contribution in [1.82, 2.24) is 10.6 Å². The Bertz CT molecular complexity index is 285. The van der Waals surface area contributed by atoms with Crippen LogP contribution in [0.4, 0.5) is 0 Å². The molecule has 2 unspecified atom stereocenters. The lowest BCUT2D eigenvalue weighted by atomic mass is 9.58. The first-order valence-electron chi connectivity index (χ1n) is 6.71. The number of nitrogens with one attached hydrogen (secondary N) is 2. The topological polar surface area (TPSA) is 50.4 Å². The predicted octanol–water partition coefficient (Wildman–Crippen LogP) is 0.916. The molecule has 0 aromatic heterocycles. The Kier molecular flexibility index (Phi) is 3.73. The standard InChI is InChI=1S/C13H24N2O2/c1-4-13(5-2)10(6-11(13)17-3)15-12(16)9-7-14-8-9/h9-11,14H,4-8H2,1-3H3,(H,15,16). The van der Waals surface area contributed by atoms with Crippen molar-refractivity contribution in [3.63, 3.8) is 0 Å². The van der Waals surface area contributed by atoms with Crippen molar-refractivity contribution in [1.29, 1.82) is 0 Å². The first kappa shape index (κ1) is 12.8. The highest BCUT2D eigenvalue weighted by Crippen LogP contribution is 2.48. The summed E-state index contributed by atoms with van der Waals surface area (Å²) in [6.45, 7) is 6.05. The molecule has 2 fully saturated rings. The summed E-state index contributed by atoms with van der Waals surface area (Å²) < 4.78 is 5.53. The summed E-state index contributed by atoms with van der Waals surface area (Å²) in [5.41, 5.74) is 0.154. The third-order valence-electron chi connectivity index (χ3n) is 4.85. The van der Waals surface area contributed by atoms with E-state index in [1.165, 1.54) is 0 Å². The maximum atomic E-state index is 12.0. The van der Waals surface area contributed by atoms with Crippen LogP contribution < -0.4 is 10.6 Å². The van der Waals surface area contributed by atoms with Crippen LogP contribution in [0.15, 0.2) is 0 Å². The van der Waals surface area contributed by atoms with E-state index in [4.69, 9.17) is 4.74 Å². The maximum absolute atomic E-state index is 12.0. The van der Waals surface area contributed by atoms with Gasteiger partial charge in [-0.25, -0.2) is 0 Å². The molecule has 1 amide bonds. The number of methoxy groups -OCH3 is 1. The highest BCUT2D eigenvalue weighted by atomic mass is 16.5. The van der Waals surface area contributed by atoms with Crippen molar-refractivity contribution in [3.8, 4) is 0 Å². The van der Waals surface area contributed by atoms with Gasteiger partial charge in [0, 0.05) is 31.7 Å². The van der Waals surface area contributed by atoms with Crippen molar-refractivity contribution >= 4 is 5.91 Å². The molecule has 4 nitrogen and oxygen atoms in total. The van der Waals surface area contributed by atoms with Gasteiger partial charge in [0.15, 0.2) is 0 Å². The molecule has 2 atom stereocenters. The Morgan fingerprint density at radius 2 is 2.06 bits per heavy atom. The first-order valence-corrected chi connectivity index (χ1v) is 6.71. The van der Waals surface area contributed by atoms with Gasteiger partial charge in [-0.1, -0.05) is 13.8 Å². The lowest BCUT2D eigenvalue weighted by Gasteiger charge is -2.55. The van der Waals surface area contributed by atoms with Gasteiger partial charge in [0.1, 0.15) is 0 Å². The van der Waals surface area contributed by atoms with Gasteiger partial charge in [-0.15, -0.1) is 0 Å². The number of hydrogen-bond acceptors (Lipinski definition) is 3. The molecular weight excluding hydrogens is 216 g/mol. The Balaban J connectivity index is 1.94.